The van der Waals surface area contributed by atoms with Crippen molar-refractivity contribution in [2.24, 2.45) is 17.3 Å². The van der Waals surface area contributed by atoms with Gasteiger partial charge in [-0.05, 0) is 56.3 Å². The number of hydrogen-bond donors (Lipinski definition) is 0. The Hall–Kier alpha value is -0.0400. The van der Waals surface area contributed by atoms with E-state index in [2.05, 4.69) is 13.8 Å². The van der Waals surface area contributed by atoms with Crippen LogP contribution in [-0.4, -0.2) is 12.2 Å². The highest BCUT2D eigenvalue weighted by molar-refractivity contribution is 5.06. The monoisotopic (exact) mass is 208 g/mol. The molecule has 0 N–H and O–H groups in total. The molecule has 1 aliphatic heterocycles. The molecule has 0 radical (unpaired) electrons. The largest absolute Gasteiger partial charge is 0.375 e. The summed E-state index contributed by atoms with van der Waals surface area (Å²) in [4.78, 5) is 0. The lowest BCUT2D eigenvalue weighted by atomic mass is 9.51. The summed E-state index contributed by atoms with van der Waals surface area (Å²) in [6.45, 7) is 5.96. The fraction of sp³-hybridized carbons (Fsp3) is 1.00. The van der Waals surface area contributed by atoms with E-state index >= 15 is 0 Å². The molecule has 0 aromatic carbocycles. The molecule has 3 aliphatic rings. The maximum Gasteiger partial charge on any atom is 0.0688 e. The normalized spacial score (nSPS) is 54.8. The molecule has 1 heterocycles. The van der Waals surface area contributed by atoms with Crippen LogP contribution in [0.15, 0.2) is 0 Å². The van der Waals surface area contributed by atoms with Gasteiger partial charge in [0.1, 0.15) is 0 Å². The van der Waals surface area contributed by atoms with E-state index in [9.17, 15) is 0 Å². The second-order valence-electron chi connectivity index (χ2n) is 6.49. The maximum absolute atomic E-state index is 6.06. The van der Waals surface area contributed by atoms with Crippen LogP contribution in [-0.2, 0) is 4.74 Å². The quantitative estimate of drug-likeness (QED) is 0.589. The smallest absolute Gasteiger partial charge is 0.0688 e. The molecule has 4 atom stereocenters. The molecule has 1 nitrogen and oxygen atoms in total. The zero-order chi connectivity index (χ0) is 10.5. The molecular weight excluding hydrogens is 184 g/mol. The Labute approximate surface area is 93.6 Å². The Bertz CT molecular complexity index is 262. The maximum atomic E-state index is 6.06. The van der Waals surface area contributed by atoms with Gasteiger partial charge in [0, 0.05) is 6.61 Å². The highest BCUT2D eigenvalue weighted by atomic mass is 16.5. The van der Waals surface area contributed by atoms with Crippen molar-refractivity contribution in [2.75, 3.05) is 6.61 Å². The molecule has 1 heteroatoms. The number of rotatable bonds is 0. The van der Waals surface area contributed by atoms with Crippen LogP contribution in [0, 0.1) is 17.3 Å². The Morgan fingerprint density at radius 2 is 1.87 bits per heavy atom. The predicted molar refractivity (Wildman–Crippen MR) is 61.8 cm³/mol. The van der Waals surface area contributed by atoms with E-state index in [0.29, 0.717) is 5.41 Å². The van der Waals surface area contributed by atoms with Crippen LogP contribution in [0.3, 0.4) is 0 Å². The summed E-state index contributed by atoms with van der Waals surface area (Å²) in [5.41, 5.74) is 0.852. The van der Waals surface area contributed by atoms with Gasteiger partial charge in [-0.3, -0.25) is 0 Å². The van der Waals surface area contributed by atoms with Crippen molar-refractivity contribution in [1.82, 2.24) is 0 Å². The standard InChI is InChI=1S/C14H24O/c1-13-8-4-3-5-11(13)6-9-14(2)12(13)7-10-15-14/h11-12H,3-10H2,1-2H3. The van der Waals surface area contributed by atoms with Gasteiger partial charge in [0.25, 0.3) is 0 Å². The molecule has 1 saturated heterocycles. The van der Waals surface area contributed by atoms with E-state index in [-0.39, 0.29) is 5.60 Å². The third-order valence-corrected chi connectivity index (χ3v) is 5.81. The lowest BCUT2D eigenvalue weighted by Crippen LogP contribution is -2.51. The molecule has 2 saturated carbocycles. The van der Waals surface area contributed by atoms with Crippen LogP contribution in [0.2, 0.25) is 0 Å². The van der Waals surface area contributed by atoms with Gasteiger partial charge in [-0.15, -0.1) is 0 Å². The second-order valence-corrected chi connectivity index (χ2v) is 6.49. The average molecular weight is 208 g/mol. The van der Waals surface area contributed by atoms with Gasteiger partial charge >= 0.3 is 0 Å². The van der Waals surface area contributed by atoms with Crippen molar-refractivity contribution < 1.29 is 4.74 Å². The van der Waals surface area contributed by atoms with Crippen LogP contribution >= 0.6 is 0 Å². The van der Waals surface area contributed by atoms with E-state index in [1.165, 1.54) is 44.9 Å². The van der Waals surface area contributed by atoms with Gasteiger partial charge in [0.05, 0.1) is 5.60 Å². The summed E-state index contributed by atoms with van der Waals surface area (Å²) in [5, 5.41) is 0. The number of fused-ring (bicyclic) bond motifs is 3. The first-order valence-electron chi connectivity index (χ1n) is 6.79. The predicted octanol–water partition coefficient (Wildman–Crippen LogP) is 3.77. The molecule has 3 fully saturated rings. The van der Waals surface area contributed by atoms with Crippen LogP contribution < -0.4 is 0 Å². The topological polar surface area (TPSA) is 9.23 Å². The second kappa shape index (κ2) is 3.23. The van der Waals surface area contributed by atoms with Gasteiger partial charge in [0.2, 0.25) is 0 Å². The average Bonchev–Trinajstić information content (AvgIpc) is 2.61. The van der Waals surface area contributed by atoms with Gasteiger partial charge in [-0.25, -0.2) is 0 Å². The van der Waals surface area contributed by atoms with E-state index in [1.807, 2.05) is 0 Å². The van der Waals surface area contributed by atoms with Crippen molar-refractivity contribution >= 4 is 0 Å². The van der Waals surface area contributed by atoms with Crippen molar-refractivity contribution in [1.29, 1.82) is 0 Å². The molecule has 0 spiro atoms. The minimum atomic E-state index is 0.239. The molecule has 3 rings (SSSR count). The van der Waals surface area contributed by atoms with Gasteiger partial charge < -0.3 is 4.74 Å². The lowest BCUT2D eigenvalue weighted by Gasteiger charge is -2.55. The number of hydrogen-bond acceptors (Lipinski definition) is 1. The first-order chi connectivity index (χ1) is 7.15. The van der Waals surface area contributed by atoms with Gasteiger partial charge in [0.15, 0.2) is 0 Å². The summed E-state index contributed by atoms with van der Waals surface area (Å²) < 4.78 is 6.06. The minimum Gasteiger partial charge on any atom is -0.375 e. The van der Waals surface area contributed by atoms with Crippen molar-refractivity contribution in [3.63, 3.8) is 0 Å². The molecule has 15 heavy (non-hydrogen) atoms. The SMILES string of the molecule is CC12CCC3CCCCC3(C)C1CCO2. The van der Waals surface area contributed by atoms with Crippen LogP contribution in [0.25, 0.3) is 0 Å². The van der Waals surface area contributed by atoms with Crippen LogP contribution in [0.1, 0.15) is 58.8 Å². The highest BCUT2D eigenvalue weighted by Crippen LogP contribution is 2.60. The highest BCUT2D eigenvalue weighted by Gasteiger charge is 2.56. The Kier molecular flexibility index (Phi) is 2.18. The fourth-order valence-corrected chi connectivity index (χ4v) is 4.91. The van der Waals surface area contributed by atoms with Gasteiger partial charge in [-0.1, -0.05) is 19.8 Å². The summed E-state index contributed by atoms with van der Waals surface area (Å²) in [7, 11) is 0. The lowest BCUT2D eigenvalue weighted by molar-refractivity contribution is -0.114. The Balaban J connectivity index is 1.93. The minimum absolute atomic E-state index is 0.239. The van der Waals surface area contributed by atoms with E-state index in [0.717, 1.165) is 18.4 Å². The summed E-state index contributed by atoms with van der Waals surface area (Å²) in [6, 6.07) is 0. The molecule has 0 aromatic heterocycles. The Morgan fingerprint density at radius 3 is 2.73 bits per heavy atom. The molecule has 4 unspecified atom stereocenters. The molecule has 2 aliphatic carbocycles. The van der Waals surface area contributed by atoms with Crippen LogP contribution in [0.4, 0.5) is 0 Å². The molecule has 0 aromatic rings. The third kappa shape index (κ3) is 1.32. The van der Waals surface area contributed by atoms with E-state index < -0.39 is 0 Å². The van der Waals surface area contributed by atoms with Crippen molar-refractivity contribution in [3.05, 3.63) is 0 Å². The van der Waals surface area contributed by atoms with Crippen molar-refractivity contribution in [2.45, 2.75) is 64.4 Å². The molecular formula is C14H24O. The van der Waals surface area contributed by atoms with E-state index in [4.69, 9.17) is 4.74 Å². The molecule has 0 amide bonds. The Morgan fingerprint density at radius 1 is 1.00 bits per heavy atom. The van der Waals surface area contributed by atoms with Gasteiger partial charge in [-0.2, -0.15) is 0 Å². The fourth-order valence-electron chi connectivity index (χ4n) is 4.91. The van der Waals surface area contributed by atoms with Crippen LogP contribution in [0.5, 0.6) is 0 Å². The first kappa shape index (κ1) is 10.1. The van der Waals surface area contributed by atoms with E-state index in [1.54, 1.807) is 0 Å². The zero-order valence-corrected chi connectivity index (χ0v) is 10.2. The summed E-state index contributed by atoms with van der Waals surface area (Å²) in [6.07, 6.45) is 9.94. The zero-order valence-electron chi connectivity index (χ0n) is 10.2. The molecule has 0 bridgehead atoms. The number of ether oxygens (including phenoxy) is 1. The third-order valence-electron chi connectivity index (χ3n) is 5.81. The summed E-state index contributed by atoms with van der Waals surface area (Å²) >= 11 is 0. The summed E-state index contributed by atoms with van der Waals surface area (Å²) in [5.74, 6) is 1.86. The first-order valence-corrected chi connectivity index (χ1v) is 6.79. The molecule has 86 valence electrons. The van der Waals surface area contributed by atoms with Crippen molar-refractivity contribution in [3.8, 4) is 0 Å².